The average Bonchev–Trinajstić information content (AvgIpc) is 2.50. The van der Waals surface area contributed by atoms with Crippen molar-refractivity contribution in [2.75, 3.05) is 27.3 Å². The van der Waals surface area contributed by atoms with Gasteiger partial charge in [0.1, 0.15) is 0 Å². The predicted octanol–water partition coefficient (Wildman–Crippen LogP) is 2.67. The Labute approximate surface area is 128 Å². The fraction of sp³-hybridized carbons (Fsp3) is 0.647. The number of ether oxygens (including phenoxy) is 2. The first-order chi connectivity index (χ1) is 10.2. The summed E-state index contributed by atoms with van der Waals surface area (Å²) in [5.41, 5.74) is 1.28. The van der Waals surface area contributed by atoms with E-state index >= 15 is 0 Å². The number of benzene rings is 1. The molecule has 0 radical (unpaired) electrons. The number of nitrogens with zero attached hydrogens (tertiary/aromatic N) is 1. The zero-order chi connectivity index (χ0) is 15.2. The maximum Gasteiger partial charge on any atom is 0.161 e. The minimum atomic E-state index is 0.554. The van der Waals surface area contributed by atoms with Crippen molar-refractivity contribution in [3.8, 4) is 11.5 Å². The van der Waals surface area contributed by atoms with Crippen LogP contribution in [0.1, 0.15) is 32.3 Å². The molecule has 4 nitrogen and oxygen atoms in total. The molecule has 0 aliphatic carbocycles. The molecule has 1 saturated heterocycles. The number of methoxy groups -OCH3 is 2. The van der Waals surface area contributed by atoms with Gasteiger partial charge < -0.3 is 14.8 Å². The predicted molar refractivity (Wildman–Crippen MR) is 86.1 cm³/mol. The number of piperazine rings is 1. The van der Waals surface area contributed by atoms with Crippen molar-refractivity contribution in [2.45, 2.75) is 45.3 Å². The molecule has 2 atom stereocenters. The SMILES string of the molecule is CCCC1CNC(C)CN1Cc1ccc(OC)c(OC)c1. The molecule has 0 aromatic heterocycles. The summed E-state index contributed by atoms with van der Waals surface area (Å²) in [6, 6.07) is 7.40. The van der Waals surface area contributed by atoms with Gasteiger partial charge in [-0.3, -0.25) is 4.90 Å². The first-order valence-corrected chi connectivity index (χ1v) is 7.86. The summed E-state index contributed by atoms with van der Waals surface area (Å²) in [5, 5.41) is 3.59. The zero-order valence-corrected chi connectivity index (χ0v) is 13.7. The van der Waals surface area contributed by atoms with E-state index in [2.05, 4.69) is 36.2 Å². The molecule has 1 fully saturated rings. The molecular formula is C17H28N2O2. The Morgan fingerprint density at radius 2 is 2.00 bits per heavy atom. The van der Waals surface area contributed by atoms with Crippen LogP contribution in [0.5, 0.6) is 11.5 Å². The van der Waals surface area contributed by atoms with E-state index in [1.54, 1.807) is 14.2 Å². The summed E-state index contributed by atoms with van der Waals surface area (Å²) in [4.78, 5) is 2.59. The molecule has 2 unspecified atom stereocenters. The molecule has 0 bridgehead atoms. The van der Waals surface area contributed by atoms with Gasteiger partial charge in [0.15, 0.2) is 11.5 Å². The van der Waals surface area contributed by atoms with Gasteiger partial charge >= 0.3 is 0 Å². The molecule has 1 aromatic rings. The molecule has 0 amide bonds. The van der Waals surface area contributed by atoms with E-state index in [4.69, 9.17) is 9.47 Å². The molecule has 1 N–H and O–H groups in total. The van der Waals surface area contributed by atoms with E-state index in [0.717, 1.165) is 31.1 Å². The van der Waals surface area contributed by atoms with Gasteiger partial charge in [-0.2, -0.15) is 0 Å². The first-order valence-electron chi connectivity index (χ1n) is 7.86. The highest BCUT2D eigenvalue weighted by atomic mass is 16.5. The number of hydrogen-bond acceptors (Lipinski definition) is 4. The topological polar surface area (TPSA) is 33.7 Å². The third kappa shape index (κ3) is 4.11. The average molecular weight is 292 g/mol. The van der Waals surface area contributed by atoms with Crippen LogP contribution in [0.4, 0.5) is 0 Å². The van der Waals surface area contributed by atoms with Gasteiger partial charge in [0.25, 0.3) is 0 Å². The van der Waals surface area contributed by atoms with Gasteiger partial charge in [0.2, 0.25) is 0 Å². The van der Waals surface area contributed by atoms with Crippen LogP contribution >= 0.6 is 0 Å². The lowest BCUT2D eigenvalue weighted by Gasteiger charge is -2.39. The van der Waals surface area contributed by atoms with Crippen LogP contribution in [-0.4, -0.2) is 44.3 Å². The van der Waals surface area contributed by atoms with Gasteiger partial charge in [-0.05, 0) is 31.0 Å². The number of rotatable bonds is 6. The Balaban J connectivity index is 2.10. The lowest BCUT2D eigenvalue weighted by Crippen LogP contribution is -2.54. The van der Waals surface area contributed by atoms with Gasteiger partial charge in [0.05, 0.1) is 14.2 Å². The fourth-order valence-corrected chi connectivity index (χ4v) is 3.06. The summed E-state index contributed by atoms with van der Waals surface area (Å²) in [6.07, 6.45) is 2.47. The molecule has 21 heavy (non-hydrogen) atoms. The zero-order valence-electron chi connectivity index (χ0n) is 13.7. The Morgan fingerprint density at radius 3 is 2.67 bits per heavy atom. The van der Waals surface area contributed by atoms with Crippen LogP contribution < -0.4 is 14.8 Å². The lowest BCUT2D eigenvalue weighted by molar-refractivity contribution is 0.120. The van der Waals surface area contributed by atoms with Crippen molar-refractivity contribution in [3.05, 3.63) is 23.8 Å². The molecule has 1 heterocycles. The van der Waals surface area contributed by atoms with Crippen molar-refractivity contribution in [1.82, 2.24) is 10.2 Å². The summed E-state index contributed by atoms with van der Waals surface area (Å²) in [5.74, 6) is 1.60. The minimum Gasteiger partial charge on any atom is -0.493 e. The second-order valence-corrected chi connectivity index (χ2v) is 5.87. The summed E-state index contributed by atoms with van der Waals surface area (Å²) in [6.45, 7) is 7.66. The van der Waals surface area contributed by atoms with E-state index in [1.807, 2.05) is 6.07 Å². The van der Waals surface area contributed by atoms with E-state index in [1.165, 1.54) is 18.4 Å². The minimum absolute atomic E-state index is 0.554. The maximum atomic E-state index is 5.41. The quantitative estimate of drug-likeness (QED) is 0.874. The van der Waals surface area contributed by atoms with Gasteiger partial charge in [-0.25, -0.2) is 0 Å². The maximum absolute atomic E-state index is 5.41. The lowest BCUT2D eigenvalue weighted by atomic mass is 10.0. The van der Waals surface area contributed by atoms with E-state index in [0.29, 0.717) is 12.1 Å². The molecule has 0 saturated carbocycles. The Bertz CT molecular complexity index is 450. The van der Waals surface area contributed by atoms with Crippen molar-refractivity contribution in [1.29, 1.82) is 0 Å². The smallest absolute Gasteiger partial charge is 0.161 e. The molecule has 2 rings (SSSR count). The van der Waals surface area contributed by atoms with Gasteiger partial charge in [-0.1, -0.05) is 19.4 Å². The van der Waals surface area contributed by atoms with Crippen LogP contribution in [0.2, 0.25) is 0 Å². The highest BCUT2D eigenvalue weighted by molar-refractivity contribution is 5.42. The van der Waals surface area contributed by atoms with Crippen molar-refractivity contribution in [3.63, 3.8) is 0 Å². The third-order valence-corrected chi connectivity index (χ3v) is 4.18. The molecular weight excluding hydrogens is 264 g/mol. The standard InChI is InChI=1S/C17H28N2O2/c1-5-6-15-10-18-13(2)11-19(15)12-14-7-8-16(20-3)17(9-14)21-4/h7-9,13,15,18H,5-6,10-12H2,1-4H3. The number of hydrogen-bond donors (Lipinski definition) is 1. The van der Waals surface area contributed by atoms with Crippen LogP contribution in [0.25, 0.3) is 0 Å². The molecule has 0 spiro atoms. The van der Waals surface area contributed by atoms with Crippen LogP contribution in [0, 0.1) is 0 Å². The Hall–Kier alpha value is -1.26. The van der Waals surface area contributed by atoms with Crippen LogP contribution in [-0.2, 0) is 6.54 Å². The third-order valence-electron chi connectivity index (χ3n) is 4.18. The van der Waals surface area contributed by atoms with Gasteiger partial charge in [-0.15, -0.1) is 0 Å². The summed E-state index contributed by atoms with van der Waals surface area (Å²) in [7, 11) is 3.36. The van der Waals surface area contributed by atoms with Crippen molar-refractivity contribution < 1.29 is 9.47 Å². The molecule has 1 aliphatic rings. The number of nitrogens with one attached hydrogen (secondary N) is 1. The van der Waals surface area contributed by atoms with Crippen molar-refractivity contribution >= 4 is 0 Å². The Kier molecular flexibility index (Phi) is 5.88. The molecule has 1 aliphatic heterocycles. The van der Waals surface area contributed by atoms with Gasteiger partial charge in [0, 0.05) is 31.7 Å². The second kappa shape index (κ2) is 7.66. The molecule has 118 valence electrons. The van der Waals surface area contributed by atoms with E-state index in [-0.39, 0.29) is 0 Å². The first kappa shape index (κ1) is 16.1. The fourth-order valence-electron chi connectivity index (χ4n) is 3.06. The van der Waals surface area contributed by atoms with Crippen LogP contribution in [0.3, 0.4) is 0 Å². The summed E-state index contributed by atoms with van der Waals surface area (Å²) >= 11 is 0. The normalized spacial score (nSPS) is 23.0. The highest BCUT2D eigenvalue weighted by Gasteiger charge is 2.25. The largest absolute Gasteiger partial charge is 0.493 e. The van der Waals surface area contributed by atoms with E-state index < -0.39 is 0 Å². The molecule has 1 aromatic carbocycles. The highest BCUT2D eigenvalue weighted by Crippen LogP contribution is 2.28. The van der Waals surface area contributed by atoms with Crippen LogP contribution in [0.15, 0.2) is 18.2 Å². The Morgan fingerprint density at radius 1 is 1.24 bits per heavy atom. The van der Waals surface area contributed by atoms with E-state index in [9.17, 15) is 0 Å². The molecule has 4 heteroatoms. The monoisotopic (exact) mass is 292 g/mol. The second-order valence-electron chi connectivity index (χ2n) is 5.87. The summed E-state index contributed by atoms with van der Waals surface area (Å²) < 4.78 is 10.7. The van der Waals surface area contributed by atoms with Crippen molar-refractivity contribution in [2.24, 2.45) is 0 Å².